The Morgan fingerprint density at radius 1 is 1.24 bits per heavy atom. The minimum absolute atomic E-state index is 0.0577. The minimum Gasteiger partial charge on any atom is -0.497 e. The van der Waals surface area contributed by atoms with Gasteiger partial charge in [0.2, 0.25) is 5.91 Å². The van der Waals surface area contributed by atoms with Crippen molar-refractivity contribution in [3.8, 4) is 5.75 Å². The molecule has 3 rings (SSSR count). The molecule has 25 heavy (non-hydrogen) atoms. The van der Waals surface area contributed by atoms with Gasteiger partial charge in [0.1, 0.15) is 5.75 Å². The van der Waals surface area contributed by atoms with E-state index in [2.05, 4.69) is 10.2 Å². The number of morpholine rings is 1. The van der Waals surface area contributed by atoms with E-state index in [1.807, 2.05) is 24.3 Å². The monoisotopic (exact) mass is 348 g/mol. The Labute approximate surface area is 149 Å². The molecule has 0 radical (unpaired) electrons. The van der Waals surface area contributed by atoms with Gasteiger partial charge in [0.25, 0.3) is 0 Å². The Bertz CT molecular complexity index is 537. The molecule has 6 heteroatoms. The number of rotatable bonds is 7. The van der Waals surface area contributed by atoms with Gasteiger partial charge in [0.05, 0.1) is 33.4 Å². The van der Waals surface area contributed by atoms with Crippen LogP contribution in [0.2, 0.25) is 0 Å². The van der Waals surface area contributed by atoms with Crippen LogP contribution in [-0.4, -0.2) is 70.0 Å². The van der Waals surface area contributed by atoms with E-state index in [9.17, 15) is 4.79 Å². The second kappa shape index (κ2) is 9.17. The lowest BCUT2D eigenvalue weighted by molar-refractivity contribution is -0.120. The highest BCUT2D eigenvalue weighted by molar-refractivity contribution is 5.78. The molecule has 2 aliphatic rings. The van der Waals surface area contributed by atoms with Crippen LogP contribution >= 0.6 is 0 Å². The van der Waals surface area contributed by atoms with Crippen LogP contribution in [0, 0.1) is 5.92 Å². The number of hydrogen-bond donors (Lipinski definition) is 1. The van der Waals surface area contributed by atoms with Crippen LogP contribution in [0.15, 0.2) is 24.3 Å². The zero-order chi connectivity index (χ0) is 17.5. The Kier molecular flexibility index (Phi) is 6.67. The largest absolute Gasteiger partial charge is 0.497 e. The molecule has 0 bridgehead atoms. The molecule has 0 aromatic heterocycles. The number of nitrogens with one attached hydrogen (secondary N) is 1. The molecule has 2 heterocycles. The highest BCUT2D eigenvalue weighted by atomic mass is 16.5. The first-order valence-corrected chi connectivity index (χ1v) is 9.05. The highest BCUT2D eigenvalue weighted by Gasteiger charge is 2.31. The number of amides is 1. The molecule has 2 atom stereocenters. The Balaban J connectivity index is 1.52. The van der Waals surface area contributed by atoms with Gasteiger partial charge in [-0.05, 0) is 24.1 Å². The number of benzene rings is 1. The van der Waals surface area contributed by atoms with Crippen molar-refractivity contribution in [2.45, 2.75) is 18.9 Å². The van der Waals surface area contributed by atoms with Crippen molar-refractivity contribution in [2.24, 2.45) is 5.92 Å². The summed E-state index contributed by atoms with van der Waals surface area (Å²) >= 11 is 0. The van der Waals surface area contributed by atoms with Crippen LogP contribution in [0.25, 0.3) is 0 Å². The normalized spacial score (nSPS) is 22.5. The van der Waals surface area contributed by atoms with E-state index in [0.717, 1.165) is 57.3 Å². The first-order chi connectivity index (χ1) is 12.3. The van der Waals surface area contributed by atoms with Crippen molar-refractivity contribution in [3.05, 3.63) is 29.8 Å². The third kappa shape index (κ3) is 5.17. The second-order valence-corrected chi connectivity index (χ2v) is 6.67. The summed E-state index contributed by atoms with van der Waals surface area (Å²) in [7, 11) is 1.64. The van der Waals surface area contributed by atoms with Crippen molar-refractivity contribution < 1.29 is 19.0 Å². The summed E-state index contributed by atoms with van der Waals surface area (Å²) in [6.07, 6.45) is 1.46. The highest BCUT2D eigenvalue weighted by Crippen LogP contribution is 2.22. The summed E-state index contributed by atoms with van der Waals surface area (Å²) in [5.74, 6) is 1.35. The SMILES string of the molecule is COc1ccc(CC(=O)NC[C@H]([C@@H]2CCOC2)N2CCOCC2)cc1. The molecule has 2 saturated heterocycles. The molecule has 0 saturated carbocycles. The van der Waals surface area contributed by atoms with E-state index >= 15 is 0 Å². The molecule has 1 aromatic carbocycles. The standard InChI is InChI=1S/C19H28N2O4/c1-23-17-4-2-15(3-5-17)12-19(22)20-13-18(16-6-9-25-14-16)21-7-10-24-11-8-21/h2-5,16,18H,6-14H2,1H3,(H,20,22)/t16-,18-/m1/s1. The van der Waals surface area contributed by atoms with E-state index < -0.39 is 0 Å². The van der Waals surface area contributed by atoms with Crippen molar-refractivity contribution in [1.29, 1.82) is 0 Å². The molecule has 2 fully saturated rings. The predicted octanol–water partition coefficient (Wildman–Crippen LogP) is 1.09. The van der Waals surface area contributed by atoms with Gasteiger partial charge >= 0.3 is 0 Å². The average molecular weight is 348 g/mol. The smallest absolute Gasteiger partial charge is 0.224 e. The Morgan fingerprint density at radius 2 is 2.00 bits per heavy atom. The molecule has 1 aromatic rings. The van der Waals surface area contributed by atoms with Gasteiger partial charge in [-0.2, -0.15) is 0 Å². The molecular formula is C19H28N2O4. The molecule has 0 unspecified atom stereocenters. The number of hydrogen-bond acceptors (Lipinski definition) is 5. The molecule has 6 nitrogen and oxygen atoms in total. The molecule has 1 amide bonds. The van der Waals surface area contributed by atoms with Crippen LogP contribution in [0.4, 0.5) is 0 Å². The quantitative estimate of drug-likeness (QED) is 0.799. The lowest BCUT2D eigenvalue weighted by Crippen LogP contribution is -2.52. The van der Waals surface area contributed by atoms with Gasteiger partial charge in [-0.15, -0.1) is 0 Å². The molecule has 138 valence electrons. The average Bonchev–Trinajstić information content (AvgIpc) is 3.18. The lowest BCUT2D eigenvalue weighted by Gasteiger charge is -2.37. The van der Waals surface area contributed by atoms with Crippen molar-refractivity contribution in [3.63, 3.8) is 0 Å². The maximum atomic E-state index is 12.4. The summed E-state index contributed by atoms with van der Waals surface area (Å²) in [6, 6.07) is 7.96. The lowest BCUT2D eigenvalue weighted by atomic mass is 9.96. The summed E-state index contributed by atoms with van der Waals surface area (Å²) in [6.45, 7) is 5.67. The first-order valence-electron chi connectivity index (χ1n) is 9.05. The summed E-state index contributed by atoms with van der Waals surface area (Å²) in [5, 5.41) is 3.13. The number of ether oxygens (including phenoxy) is 3. The van der Waals surface area contributed by atoms with Crippen LogP contribution in [0.3, 0.4) is 0 Å². The first kappa shape index (κ1) is 18.2. The fourth-order valence-corrected chi connectivity index (χ4v) is 3.57. The van der Waals surface area contributed by atoms with Gasteiger partial charge in [0.15, 0.2) is 0 Å². The second-order valence-electron chi connectivity index (χ2n) is 6.67. The fourth-order valence-electron chi connectivity index (χ4n) is 3.57. The summed E-state index contributed by atoms with van der Waals surface area (Å²) in [4.78, 5) is 14.8. The number of nitrogens with zero attached hydrogens (tertiary/aromatic N) is 1. The maximum absolute atomic E-state index is 12.4. The topological polar surface area (TPSA) is 60.0 Å². The van der Waals surface area contributed by atoms with Crippen molar-refractivity contribution in [2.75, 3.05) is 53.2 Å². The van der Waals surface area contributed by atoms with E-state index in [1.165, 1.54) is 0 Å². The van der Waals surface area contributed by atoms with Crippen LogP contribution in [0.5, 0.6) is 5.75 Å². The fraction of sp³-hybridized carbons (Fsp3) is 0.632. The molecular weight excluding hydrogens is 320 g/mol. The van der Waals surface area contributed by atoms with E-state index in [1.54, 1.807) is 7.11 Å². The maximum Gasteiger partial charge on any atom is 0.224 e. The van der Waals surface area contributed by atoms with Gasteiger partial charge in [0, 0.05) is 38.2 Å². The zero-order valence-corrected chi connectivity index (χ0v) is 14.9. The van der Waals surface area contributed by atoms with Crippen LogP contribution < -0.4 is 10.1 Å². The molecule has 2 aliphatic heterocycles. The third-order valence-corrected chi connectivity index (χ3v) is 5.06. The van der Waals surface area contributed by atoms with Gasteiger partial charge in [-0.25, -0.2) is 0 Å². The number of carbonyl (C=O) groups excluding carboxylic acids is 1. The summed E-state index contributed by atoms with van der Waals surface area (Å²) < 4.78 is 16.2. The third-order valence-electron chi connectivity index (χ3n) is 5.06. The van der Waals surface area contributed by atoms with Crippen molar-refractivity contribution >= 4 is 5.91 Å². The van der Waals surface area contributed by atoms with E-state index in [-0.39, 0.29) is 5.91 Å². The van der Waals surface area contributed by atoms with E-state index in [0.29, 0.717) is 24.9 Å². The summed E-state index contributed by atoms with van der Waals surface area (Å²) in [5.41, 5.74) is 0.991. The van der Waals surface area contributed by atoms with Gasteiger partial charge in [-0.1, -0.05) is 12.1 Å². The van der Waals surface area contributed by atoms with Crippen LogP contribution in [-0.2, 0) is 20.7 Å². The van der Waals surface area contributed by atoms with E-state index in [4.69, 9.17) is 14.2 Å². The molecule has 0 spiro atoms. The molecule has 0 aliphatic carbocycles. The Hall–Kier alpha value is -1.63. The Morgan fingerprint density at radius 3 is 2.64 bits per heavy atom. The predicted molar refractivity (Wildman–Crippen MR) is 94.8 cm³/mol. The molecule has 1 N–H and O–H groups in total. The van der Waals surface area contributed by atoms with Gasteiger partial charge in [-0.3, -0.25) is 9.69 Å². The minimum atomic E-state index is 0.0577. The van der Waals surface area contributed by atoms with Gasteiger partial charge < -0.3 is 19.5 Å². The zero-order valence-electron chi connectivity index (χ0n) is 14.9. The van der Waals surface area contributed by atoms with Crippen LogP contribution in [0.1, 0.15) is 12.0 Å². The van der Waals surface area contributed by atoms with Crippen molar-refractivity contribution in [1.82, 2.24) is 10.2 Å². The number of methoxy groups -OCH3 is 1. The number of carbonyl (C=O) groups is 1.